The fraction of sp³-hybridized carbons (Fsp3) is 0.167. The van der Waals surface area contributed by atoms with Gasteiger partial charge in [-0.25, -0.2) is 10.2 Å². The molecule has 0 heterocycles. The Bertz CT molecular complexity index is 781. The molecule has 2 rings (SSSR count). The first-order valence-electron chi connectivity index (χ1n) is 7.61. The Hall–Kier alpha value is -2.51. The summed E-state index contributed by atoms with van der Waals surface area (Å²) in [5.41, 5.74) is 4.27. The summed E-state index contributed by atoms with van der Waals surface area (Å²) >= 11 is 7.38. The van der Waals surface area contributed by atoms with Gasteiger partial charge in [0.25, 0.3) is 0 Å². The number of hydrogen-bond donors (Lipinski definition) is 2. The number of halogens is 1. The van der Waals surface area contributed by atoms with Crippen LogP contribution in [0.4, 0.5) is 0 Å². The molecule has 0 saturated heterocycles. The van der Waals surface area contributed by atoms with Crippen molar-refractivity contribution in [2.24, 2.45) is 5.10 Å². The number of carboxylic acids is 1. The van der Waals surface area contributed by atoms with Gasteiger partial charge in [0.05, 0.1) is 12.0 Å². The summed E-state index contributed by atoms with van der Waals surface area (Å²) in [6.07, 6.45) is 1.50. The SMILES string of the molecule is O=C(O)COc1ccc(/C=N\NC(=O)CSCc2cccc(Cl)c2)cc1. The summed E-state index contributed by atoms with van der Waals surface area (Å²) in [4.78, 5) is 22.2. The number of hydrogen-bond acceptors (Lipinski definition) is 5. The van der Waals surface area contributed by atoms with Crippen LogP contribution in [0.15, 0.2) is 53.6 Å². The molecule has 6 nitrogen and oxygen atoms in total. The quantitative estimate of drug-likeness (QED) is 0.505. The van der Waals surface area contributed by atoms with Crippen molar-refractivity contribution in [2.45, 2.75) is 5.75 Å². The minimum atomic E-state index is -1.04. The van der Waals surface area contributed by atoms with Crippen LogP contribution in [0.5, 0.6) is 5.75 Å². The van der Waals surface area contributed by atoms with Gasteiger partial charge in [-0.1, -0.05) is 23.7 Å². The van der Waals surface area contributed by atoms with E-state index in [0.29, 0.717) is 16.5 Å². The number of benzene rings is 2. The third-order valence-electron chi connectivity index (χ3n) is 3.04. The van der Waals surface area contributed by atoms with Gasteiger partial charge < -0.3 is 9.84 Å². The molecule has 1 amide bonds. The number of rotatable bonds is 9. The normalized spacial score (nSPS) is 10.7. The molecule has 0 unspecified atom stereocenters. The van der Waals surface area contributed by atoms with Gasteiger partial charge in [-0.05, 0) is 47.5 Å². The van der Waals surface area contributed by atoms with Gasteiger partial charge in [-0.3, -0.25) is 4.79 Å². The fourth-order valence-electron chi connectivity index (χ4n) is 1.89. The van der Waals surface area contributed by atoms with E-state index in [2.05, 4.69) is 10.5 Å². The molecule has 2 aromatic rings. The predicted octanol–water partition coefficient (Wildman–Crippen LogP) is 3.19. The van der Waals surface area contributed by atoms with Crippen LogP contribution in [0.2, 0.25) is 5.02 Å². The van der Waals surface area contributed by atoms with Crippen LogP contribution in [0.1, 0.15) is 11.1 Å². The largest absolute Gasteiger partial charge is 0.482 e. The lowest BCUT2D eigenvalue weighted by atomic mass is 10.2. The van der Waals surface area contributed by atoms with E-state index >= 15 is 0 Å². The van der Waals surface area contributed by atoms with Gasteiger partial charge in [-0.2, -0.15) is 5.10 Å². The van der Waals surface area contributed by atoms with Gasteiger partial charge in [-0.15, -0.1) is 11.8 Å². The average Bonchev–Trinajstić information content (AvgIpc) is 2.61. The molecule has 0 aliphatic rings. The van der Waals surface area contributed by atoms with E-state index in [4.69, 9.17) is 21.4 Å². The highest BCUT2D eigenvalue weighted by Gasteiger charge is 2.02. The van der Waals surface area contributed by atoms with Gasteiger partial charge in [0.2, 0.25) is 5.91 Å². The third kappa shape index (κ3) is 7.58. The highest BCUT2D eigenvalue weighted by Crippen LogP contribution is 2.16. The van der Waals surface area contributed by atoms with Crippen molar-refractivity contribution in [3.05, 3.63) is 64.7 Å². The molecule has 0 bridgehead atoms. The maximum atomic E-state index is 11.7. The maximum Gasteiger partial charge on any atom is 0.341 e. The minimum Gasteiger partial charge on any atom is -0.482 e. The summed E-state index contributed by atoms with van der Waals surface area (Å²) in [6, 6.07) is 14.2. The second-order valence-corrected chi connectivity index (χ2v) is 6.59. The van der Waals surface area contributed by atoms with Crippen molar-refractivity contribution >= 4 is 41.5 Å². The molecular weight excluding hydrogens is 376 g/mol. The lowest BCUT2D eigenvalue weighted by Gasteiger charge is -2.03. The number of nitrogens with zero attached hydrogens (tertiary/aromatic N) is 1. The Labute approximate surface area is 160 Å². The molecule has 0 fully saturated rings. The van der Waals surface area contributed by atoms with Crippen LogP contribution in [-0.4, -0.2) is 35.6 Å². The molecule has 136 valence electrons. The number of hydrazone groups is 1. The highest BCUT2D eigenvalue weighted by molar-refractivity contribution is 7.99. The van der Waals surface area contributed by atoms with Crippen LogP contribution in [0.25, 0.3) is 0 Å². The van der Waals surface area contributed by atoms with Crippen LogP contribution < -0.4 is 10.2 Å². The Balaban J connectivity index is 1.70. The molecular formula is C18H17ClN2O4S. The molecule has 0 atom stereocenters. The lowest BCUT2D eigenvalue weighted by Crippen LogP contribution is -2.19. The van der Waals surface area contributed by atoms with Gasteiger partial charge in [0, 0.05) is 10.8 Å². The van der Waals surface area contributed by atoms with Gasteiger partial charge >= 0.3 is 5.97 Å². The van der Waals surface area contributed by atoms with Crippen LogP contribution in [-0.2, 0) is 15.3 Å². The van der Waals surface area contributed by atoms with E-state index < -0.39 is 12.6 Å². The Morgan fingerprint density at radius 2 is 2.00 bits per heavy atom. The van der Waals surface area contributed by atoms with E-state index in [1.165, 1.54) is 18.0 Å². The monoisotopic (exact) mass is 392 g/mol. The van der Waals surface area contributed by atoms with Gasteiger partial charge in [0.15, 0.2) is 6.61 Å². The summed E-state index contributed by atoms with van der Waals surface area (Å²) in [6.45, 7) is -0.393. The second kappa shape index (κ2) is 10.5. The summed E-state index contributed by atoms with van der Waals surface area (Å²) in [5.74, 6) is 0.189. The van der Waals surface area contributed by atoms with E-state index in [9.17, 15) is 9.59 Å². The van der Waals surface area contributed by atoms with Crippen molar-refractivity contribution in [1.29, 1.82) is 0 Å². The standard InChI is InChI=1S/C18H17ClN2O4S/c19-15-3-1-2-14(8-15)11-26-12-17(22)21-20-9-13-4-6-16(7-5-13)25-10-18(23)24/h1-9H,10-12H2,(H,21,22)(H,23,24)/b20-9-. The topological polar surface area (TPSA) is 88.0 Å². The van der Waals surface area contributed by atoms with E-state index in [-0.39, 0.29) is 11.7 Å². The van der Waals surface area contributed by atoms with Crippen molar-refractivity contribution in [2.75, 3.05) is 12.4 Å². The molecule has 2 N–H and O–H groups in total. The summed E-state index contributed by atoms with van der Waals surface area (Å²) in [7, 11) is 0. The zero-order valence-electron chi connectivity index (χ0n) is 13.7. The number of aliphatic carboxylic acids is 1. The first kappa shape index (κ1) is 19.8. The number of carbonyl (C=O) groups excluding carboxylic acids is 1. The molecule has 26 heavy (non-hydrogen) atoms. The van der Waals surface area contributed by atoms with E-state index in [1.54, 1.807) is 24.3 Å². The average molecular weight is 393 g/mol. The third-order valence-corrected chi connectivity index (χ3v) is 4.28. The zero-order valence-corrected chi connectivity index (χ0v) is 15.3. The molecule has 0 spiro atoms. The second-order valence-electron chi connectivity index (χ2n) is 5.17. The maximum absolute atomic E-state index is 11.7. The van der Waals surface area contributed by atoms with E-state index in [1.807, 2.05) is 24.3 Å². The first-order chi connectivity index (χ1) is 12.5. The zero-order chi connectivity index (χ0) is 18.8. The number of carbonyl (C=O) groups is 2. The van der Waals surface area contributed by atoms with Crippen molar-refractivity contribution in [1.82, 2.24) is 5.43 Å². The van der Waals surface area contributed by atoms with Crippen LogP contribution >= 0.6 is 23.4 Å². The van der Waals surface area contributed by atoms with Crippen molar-refractivity contribution < 1.29 is 19.4 Å². The lowest BCUT2D eigenvalue weighted by molar-refractivity contribution is -0.139. The smallest absolute Gasteiger partial charge is 0.341 e. The highest BCUT2D eigenvalue weighted by atomic mass is 35.5. The minimum absolute atomic E-state index is 0.199. The molecule has 8 heteroatoms. The summed E-state index contributed by atoms with van der Waals surface area (Å²) < 4.78 is 5.03. The number of carboxylic acid groups (broad SMARTS) is 1. The van der Waals surface area contributed by atoms with E-state index in [0.717, 1.165) is 11.1 Å². The van der Waals surface area contributed by atoms with Crippen molar-refractivity contribution in [3.8, 4) is 5.75 Å². The Kier molecular flexibility index (Phi) is 7.98. The van der Waals surface area contributed by atoms with Crippen LogP contribution in [0, 0.1) is 0 Å². The number of thioether (sulfide) groups is 1. The number of amides is 1. The summed E-state index contributed by atoms with van der Waals surface area (Å²) in [5, 5.41) is 13.1. The Morgan fingerprint density at radius 1 is 1.23 bits per heavy atom. The molecule has 0 saturated carbocycles. The Morgan fingerprint density at radius 3 is 2.69 bits per heavy atom. The fourth-order valence-corrected chi connectivity index (χ4v) is 2.87. The molecule has 0 aromatic heterocycles. The number of nitrogens with one attached hydrogen (secondary N) is 1. The molecule has 0 aliphatic carbocycles. The first-order valence-corrected chi connectivity index (χ1v) is 9.15. The number of ether oxygens (including phenoxy) is 1. The molecule has 0 aliphatic heterocycles. The molecule has 2 aromatic carbocycles. The van der Waals surface area contributed by atoms with Crippen LogP contribution in [0.3, 0.4) is 0 Å². The van der Waals surface area contributed by atoms with Gasteiger partial charge in [0.1, 0.15) is 5.75 Å². The molecule has 0 radical (unpaired) electrons. The van der Waals surface area contributed by atoms with Crippen molar-refractivity contribution in [3.63, 3.8) is 0 Å². The predicted molar refractivity (Wildman–Crippen MR) is 103 cm³/mol.